The van der Waals surface area contributed by atoms with Crippen LogP contribution in [-0.2, 0) is 19.5 Å². The molecule has 1 aliphatic heterocycles. The third-order valence-corrected chi connectivity index (χ3v) is 3.42. The summed E-state index contributed by atoms with van der Waals surface area (Å²) < 4.78 is 6.01. The highest BCUT2D eigenvalue weighted by molar-refractivity contribution is 5.39. The molecular formula is C12H18N2O. The van der Waals surface area contributed by atoms with Gasteiger partial charge in [-0.15, -0.1) is 0 Å². The van der Waals surface area contributed by atoms with Crippen LogP contribution in [0.2, 0.25) is 0 Å². The van der Waals surface area contributed by atoms with Crippen molar-refractivity contribution in [3.05, 3.63) is 22.6 Å². The van der Waals surface area contributed by atoms with E-state index in [4.69, 9.17) is 10.2 Å². The second-order valence-electron chi connectivity index (χ2n) is 4.83. The Morgan fingerprint density at radius 1 is 1.40 bits per heavy atom. The summed E-state index contributed by atoms with van der Waals surface area (Å²) in [6.07, 6.45) is 3.60. The lowest BCUT2D eigenvalue weighted by atomic mass is 10.0. The van der Waals surface area contributed by atoms with Crippen molar-refractivity contribution in [1.29, 1.82) is 0 Å². The zero-order chi connectivity index (χ0) is 10.4. The molecule has 1 aromatic rings. The summed E-state index contributed by atoms with van der Waals surface area (Å²) in [7, 11) is 2.14. The number of rotatable bonds is 3. The van der Waals surface area contributed by atoms with Gasteiger partial charge in [-0.3, -0.25) is 4.90 Å². The molecule has 0 spiro atoms. The van der Waals surface area contributed by atoms with Crippen LogP contribution in [0.5, 0.6) is 0 Å². The Hall–Kier alpha value is -0.800. The van der Waals surface area contributed by atoms with Gasteiger partial charge in [0, 0.05) is 18.0 Å². The average Bonchev–Trinajstić information content (AvgIpc) is 2.90. The third kappa shape index (κ3) is 1.50. The molecule has 0 bridgehead atoms. The number of hydrogen-bond donors (Lipinski definition) is 1. The van der Waals surface area contributed by atoms with E-state index in [1.807, 2.05) is 0 Å². The van der Waals surface area contributed by atoms with E-state index in [0.29, 0.717) is 5.92 Å². The first-order valence-corrected chi connectivity index (χ1v) is 5.81. The summed E-state index contributed by atoms with van der Waals surface area (Å²) in [6, 6.07) is 0. The summed E-state index contributed by atoms with van der Waals surface area (Å²) in [4.78, 5) is 2.30. The molecule has 0 saturated heterocycles. The van der Waals surface area contributed by atoms with Crippen LogP contribution in [0.25, 0.3) is 0 Å². The average molecular weight is 206 g/mol. The van der Waals surface area contributed by atoms with Crippen LogP contribution in [-0.4, -0.2) is 18.5 Å². The van der Waals surface area contributed by atoms with E-state index < -0.39 is 0 Å². The molecule has 1 saturated carbocycles. The molecule has 2 heterocycles. The Labute approximate surface area is 90.2 Å². The molecule has 3 heteroatoms. The fourth-order valence-corrected chi connectivity index (χ4v) is 2.55. The number of hydrogen-bond acceptors (Lipinski definition) is 3. The summed E-state index contributed by atoms with van der Waals surface area (Å²) in [5, 5.41) is 0. The molecule has 1 aromatic heterocycles. The molecule has 82 valence electrons. The lowest BCUT2D eigenvalue weighted by molar-refractivity contribution is 0.320. The summed E-state index contributed by atoms with van der Waals surface area (Å²) >= 11 is 0. The first kappa shape index (κ1) is 9.43. The van der Waals surface area contributed by atoms with Gasteiger partial charge in [0.25, 0.3) is 0 Å². The standard InChI is InChI=1S/C12H18N2O/c1-14-6-10-9(4-5-13)12(8-2-3-8)15-11(10)7-14/h8H,2-7,13H2,1H3. The smallest absolute Gasteiger partial charge is 0.122 e. The predicted octanol–water partition coefficient (Wildman–Crippen LogP) is 1.60. The highest BCUT2D eigenvalue weighted by Crippen LogP contribution is 2.45. The largest absolute Gasteiger partial charge is 0.464 e. The van der Waals surface area contributed by atoms with Crippen molar-refractivity contribution < 1.29 is 4.42 Å². The van der Waals surface area contributed by atoms with Crippen LogP contribution in [0, 0.1) is 0 Å². The highest BCUT2D eigenvalue weighted by atomic mass is 16.3. The van der Waals surface area contributed by atoms with Gasteiger partial charge in [-0.2, -0.15) is 0 Å². The predicted molar refractivity (Wildman–Crippen MR) is 58.6 cm³/mol. The highest BCUT2D eigenvalue weighted by Gasteiger charge is 2.34. The van der Waals surface area contributed by atoms with E-state index in [0.717, 1.165) is 26.1 Å². The van der Waals surface area contributed by atoms with Crippen molar-refractivity contribution in [2.24, 2.45) is 5.73 Å². The van der Waals surface area contributed by atoms with Gasteiger partial charge in [0.1, 0.15) is 11.5 Å². The van der Waals surface area contributed by atoms with Crippen molar-refractivity contribution in [2.75, 3.05) is 13.6 Å². The molecule has 0 radical (unpaired) electrons. The number of fused-ring (bicyclic) bond motifs is 1. The van der Waals surface area contributed by atoms with Gasteiger partial charge in [0.05, 0.1) is 6.54 Å². The van der Waals surface area contributed by atoms with E-state index in [9.17, 15) is 0 Å². The number of nitrogens with zero attached hydrogens (tertiary/aromatic N) is 1. The molecule has 0 unspecified atom stereocenters. The SMILES string of the molecule is CN1Cc2oc(C3CC3)c(CCN)c2C1. The molecule has 1 fully saturated rings. The maximum absolute atomic E-state index is 6.01. The van der Waals surface area contributed by atoms with E-state index in [2.05, 4.69) is 11.9 Å². The summed E-state index contributed by atoms with van der Waals surface area (Å²) in [5.74, 6) is 3.17. The molecule has 3 nitrogen and oxygen atoms in total. The number of furan rings is 1. The zero-order valence-electron chi connectivity index (χ0n) is 9.25. The minimum atomic E-state index is 0.711. The molecule has 3 rings (SSSR count). The van der Waals surface area contributed by atoms with Crippen LogP contribution < -0.4 is 5.73 Å². The van der Waals surface area contributed by atoms with E-state index >= 15 is 0 Å². The van der Waals surface area contributed by atoms with Gasteiger partial charge >= 0.3 is 0 Å². The lowest BCUT2D eigenvalue weighted by Gasteiger charge is -2.07. The normalized spacial score (nSPS) is 20.9. The molecule has 15 heavy (non-hydrogen) atoms. The van der Waals surface area contributed by atoms with E-state index in [-0.39, 0.29) is 0 Å². The Morgan fingerprint density at radius 2 is 2.20 bits per heavy atom. The molecule has 0 atom stereocenters. The monoisotopic (exact) mass is 206 g/mol. The Bertz CT molecular complexity index is 379. The van der Waals surface area contributed by atoms with Crippen molar-refractivity contribution in [1.82, 2.24) is 4.90 Å². The van der Waals surface area contributed by atoms with Gasteiger partial charge in [0.2, 0.25) is 0 Å². The molecule has 2 aliphatic rings. The topological polar surface area (TPSA) is 42.4 Å². The van der Waals surface area contributed by atoms with Crippen molar-refractivity contribution in [2.45, 2.75) is 38.3 Å². The van der Waals surface area contributed by atoms with Crippen LogP contribution in [0.1, 0.15) is 41.4 Å². The van der Waals surface area contributed by atoms with Crippen LogP contribution in [0.3, 0.4) is 0 Å². The second-order valence-corrected chi connectivity index (χ2v) is 4.83. The fraction of sp³-hybridized carbons (Fsp3) is 0.667. The Kier molecular flexibility index (Phi) is 2.11. The minimum Gasteiger partial charge on any atom is -0.464 e. The van der Waals surface area contributed by atoms with Gasteiger partial charge < -0.3 is 10.2 Å². The molecule has 0 aromatic carbocycles. The first-order valence-electron chi connectivity index (χ1n) is 5.81. The Morgan fingerprint density at radius 3 is 2.87 bits per heavy atom. The first-order chi connectivity index (χ1) is 7.29. The van der Waals surface area contributed by atoms with Crippen molar-refractivity contribution in [3.63, 3.8) is 0 Å². The zero-order valence-corrected chi connectivity index (χ0v) is 9.25. The molecule has 1 aliphatic carbocycles. The van der Waals surface area contributed by atoms with Gasteiger partial charge in [-0.05, 0) is 38.4 Å². The molecule has 0 amide bonds. The van der Waals surface area contributed by atoms with E-state index in [1.54, 1.807) is 0 Å². The van der Waals surface area contributed by atoms with Gasteiger partial charge in [-0.25, -0.2) is 0 Å². The van der Waals surface area contributed by atoms with Crippen molar-refractivity contribution in [3.8, 4) is 0 Å². The van der Waals surface area contributed by atoms with Crippen LogP contribution in [0.15, 0.2) is 4.42 Å². The Balaban J connectivity index is 1.99. The van der Waals surface area contributed by atoms with Gasteiger partial charge in [-0.1, -0.05) is 0 Å². The maximum Gasteiger partial charge on any atom is 0.122 e. The summed E-state index contributed by atoms with van der Waals surface area (Å²) in [5.41, 5.74) is 8.55. The third-order valence-electron chi connectivity index (χ3n) is 3.42. The quantitative estimate of drug-likeness (QED) is 0.817. The van der Waals surface area contributed by atoms with E-state index in [1.165, 1.54) is 35.5 Å². The lowest BCUT2D eigenvalue weighted by Crippen LogP contribution is -2.11. The van der Waals surface area contributed by atoms with Gasteiger partial charge in [0.15, 0.2) is 0 Å². The van der Waals surface area contributed by atoms with Crippen LogP contribution >= 0.6 is 0 Å². The van der Waals surface area contributed by atoms with Crippen LogP contribution in [0.4, 0.5) is 0 Å². The van der Waals surface area contributed by atoms with Crippen molar-refractivity contribution >= 4 is 0 Å². The number of nitrogens with two attached hydrogens (primary N) is 1. The second kappa shape index (κ2) is 3.35. The molecular weight excluding hydrogens is 188 g/mol. The minimum absolute atomic E-state index is 0.711. The fourth-order valence-electron chi connectivity index (χ4n) is 2.55. The summed E-state index contributed by atoms with van der Waals surface area (Å²) in [6.45, 7) is 2.75. The maximum atomic E-state index is 6.01. The molecule has 2 N–H and O–H groups in total.